The lowest BCUT2D eigenvalue weighted by Gasteiger charge is -2.20. The largest absolute Gasteiger partial charge is 0.486 e. The maximum atomic E-state index is 10.1. The third-order valence-electron chi connectivity index (χ3n) is 3.60. The number of benzene rings is 1. The first-order valence-corrected chi connectivity index (χ1v) is 7.06. The summed E-state index contributed by atoms with van der Waals surface area (Å²) in [6.45, 7) is 3.63. The molecule has 0 saturated carbocycles. The predicted octanol–water partition coefficient (Wildman–Crippen LogP) is 1.54. The molecule has 20 heavy (non-hydrogen) atoms. The quantitative estimate of drug-likeness (QED) is 0.886. The normalized spacial score (nSPS) is 22.8. The minimum Gasteiger partial charge on any atom is -0.486 e. The van der Waals surface area contributed by atoms with Crippen LogP contribution < -0.4 is 9.47 Å². The Bertz CT molecular complexity index is 442. The minimum absolute atomic E-state index is 0.288. The fraction of sp³-hybridized carbons (Fsp3) is 0.600. The molecule has 2 aliphatic rings. The molecule has 110 valence electrons. The molecule has 0 radical (unpaired) electrons. The summed E-state index contributed by atoms with van der Waals surface area (Å²) in [5, 5.41) is 10.1. The number of aliphatic hydroxyl groups excluding tert-OH is 1. The van der Waals surface area contributed by atoms with E-state index < -0.39 is 6.10 Å². The Labute approximate surface area is 118 Å². The number of hydrogen-bond donors (Lipinski definition) is 1. The Kier molecular flexibility index (Phi) is 4.40. The summed E-state index contributed by atoms with van der Waals surface area (Å²) in [6.07, 6.45) is 0.397. The van der Waals surface area contributed by atoms with E-state index in [2.05, 4.69) is 0 Å². The zero-order valence-corrected chi connectivity index (χ0v) is 11.4. The number of fused-ring (bicyclic) bond motifs is 1. The van der Waals surface area contributed by atoms with E-state index in [1.807, 2.05) is 18.2 Å². The van der Waals surface area contributed by atoms with E-state index in [9.17, 15) is 5.11 Å². The van der Waals surface area contributed by atoms with Crippen molar-refractivity contribution in [2.75, 3.05) is 39.6 Å². The van der Waals surface area contributed by atoms with Crippen molar-refractivity contribution >= 4 is 0 Å². The van der Waals surface area contributed by atoms with Gasteiger partial charge in [-0.3, -0.25) is 0 Å². The molecular formula is C15H20O5. The Morgan fingerprint density at radius 2 is 2.05 bits per heavy atom. The highest BCUT2D eigenvalue weighted by Gasteiger charge is 2.18. The number of aliphatic hydroxyl groups is 1. The van der Waals surface area contributed by atoms with E-state index in [-0.39, 0.29) is 6.61 Å². The summed E-state index contributed by atoms with van der Waals surface area (Å²) in [7, 11) is 0. The molecule has 2 aliphatic heterocycles. The van der Waals surface area contributed by atoms with E-state index in [1.54, 1.807) is 0 Å². The Balaban J connectivity index is 1.52. The van der Waals surface area contributed by atoms with Gasteiger partial charge in [-0.05, 0) is 24.1 Å². The molecule has 0 spiro atoms. The molecule has 1 fully saturated rings. The maximum absolute atomic E-state index is 10.1. The molecular weight excluding hydrogens is 260 g/mol. The summed E-state index contributed by atoms with van der Waals surface area (Å²) >= 11 is 0. The van der Waals surface area contributed by atoms with Crippen molar-refractivity contribution in [2.45, 2.75) is 12.5 Å². The second-order valence-electron chi connectivity index (χ2n) is 5.19. The molecule has 1 aromatic rings. The van der Waals surface area contributed by atoms with Crippen molar-refractivity contribution < 1.29 is 24.1 Å². The third kappa shape index (κ3) is 3.23. The van der Waals surface area contributed by atoms with Crippen molar-refractivity contribution in [3.05, 3.63) is 23.8 Å². The molecule has 1 saturated heterocycles. The van der Waals surface area contributed by atoms with Crippen LogP contribution >= 0.6 is 0 Å². The fourth-order valence-corrected chi connectivity index (χ4v) is 2.42. The van der Waals surface area contributed by atoms with E-state index >= 15 is 0 Å². The topological polar surface area (TPSA) is 57.2 Å². The van der Waals surface area contributed by atoms with Crippen LogP contribution in [0.5, 0.6) is 11.5 Å². The highest BCUT2D eigenvalue weighted by atomic mass is 16.6. The highest BCUT2D eigenvalue weighted by Crippen LogP contribution is 2.32. The van der Waals surface area contributed by atoms with Crippen LogP contribution in [0.3, 0.4) is 0 Å². The lowest BCUT2D eigenvalue weighted by Crippen LogP contribution is -2.17. The zero-order valence-electron chi connectivity index (χ0n) is 11.4. The summed E-state index contributed by atoms with van der Waals surface area (Å²) in [4.78, 5) is 0. The van der Waals surface area contributed by atoms with Crippen LogP contribution in [0.2, 0.25) is 0 Å². The van der Waals surface area contributed by atoms with E-state index in [4.69, 9.17) is 18.9 Å². The van der Waals surface area contributed by atoms with Gasteiger partial charge in [-0.2, -0.15) is 0 Å². The van der Waals surface area contributed by atoms with Crippen LogP contribution in [-0.4, -0.2) is 44.7 Å². The lowest BCUT2D eigenvalue weighted by molar-refractivity contribution is 0.0183. The monoisotopic (exact) mass is 280 g/mol. The van der Waals surface area contributed by atoms with Crippen LogP contribution in [0, 0.1) is 5.92 Å². The van der Waals surface area contributed by atoms with E-state index in [0.717, 1.165) is 30.9 Å². The second kappa shape index (κ2) is 6.43. The van der Waals surface area contributed by atoms with Crippen molar-refractivity contribution in [1.82, 2.24) is 0 Å². The molecule has 3 rings (SSSR count). The van der Waals surface area contributed by atoms with Gasteiger partial charge in [-0.25, -0.2) is 0 Å². The number of hydrogen-bond acceptors (Lipinski definition) is 5. The van der Waals surface area contributed by atoms with Crippen LogP contribution in [0.1, 0.15) is 18.1 Å². The van der Waals surface area contributed by atoms with E-state index in [1.165, 1.54) is 0 Å². The number of ether oxygens (including phenoxy) is 4. The van der Waals surface area contributed by atoms with E-state index in [0.29, 0.717) is 31.5 Å². The second-order valence-corrected chi connectivity index (χ2v) is 5.19. The van der Waals surface area contributed by atoms with Gasteiger partial charge in [0.25, 0.3) is 0 Å². The van der Waals surface area contributed by atoms with Crippen LogP contribution in [0.25, 0.3) is 0 Å². The zero-order chi connectivity index (χ0) is 13.8. The van der Waals surface area contributed by atoms with Gasteiger partial charge in [-0.15, -0.1) is 0 Å². The maximum Gasteiger partial charge on any atom is 0.161 e. The first kappa shape index (κ1) is 13.7. The van der Waals surface area contributed by atoms with Gasteiger partial charge < -0.3 is 24.1 Å². The summed E-state index contributed by atoms with van der Waals surface area (Å²) < 4.78 is 21.8. The van der Waals surface area contributed by atoms with Gasteiger partial charge in [0.2, 0.25) is 0 Å². The Hall–Kier alpha value is -1.30. The molecule has 5 heteroatoms. The van der Waals surface area contributed by atoms with Crippen LogP contribution in [0.4, 0.5) is 0 Å². The molecule has 0 aliphatic carbocycles. The predicted molar refractivity (Wildman–Crippen MR) is 72.1 cm³/mol. The molecule has 5 nitrogen and oxygen atoms in total. The van der Waals surface area contributed by atoms with Gasteiger partial charge in [-0.1, -0.05) is 6.07 Å². The SMILES string of the molecule is OC(COCC1CCOC1)c1ccc2c(c1)OCCO2. The molecule has 1 N–H and O–H groups in total. The van der Waals surface area contributed by atoms with Crippen LogP contribution in [-0.2, 0) is 9.47 Å². The average Bonchev–Trinajstić information content (AvgIpc) is 3.00. The number of rotatable bonds is 5. The third-order valence-corrected chi connectivity index (χ3v) is 3.60. The molecule has 2 heterocycles. The summed E-state index contributed by atoms with van der Waals surface area (Å²) in [6, 6.07) is 5.50. The summed E-state index contributed by atoms with van der Waals surface area (Å²) in [5.74, 6) is 1.88. The molecule has 2 atom stereocenters. The first-order chi connectivity index (χ1) is 9.83. The minimum atomic E-state index is -0.645. The standard InChI is InChI=1S/C15H20O5/c16-13(10-18-9-11-3-4-17-8-11)12-1-2-14-15(7-12)20-6-5-19-14/h1-2,7,11,13,16H,3-6,8-10H2. The molecule has 1 aromatic carbocycles. The van der Waals surface area contributed by atoms with Crippen molar-refractivity contribution in [2.24, 2.45) is 5.92 Å². The highest BCUT2D eigenvalue weighted by molar-refractivity contribution is 5.44. The van der Waals surface area contributed by atoms with Gasteiger partial charge in [0.15, 0.2) is 11.5 Å². The van der Waals surface area contributed by atoms with Gasteiger partial charge >= 0.3 is 0 Å². The Morgan fingerprint density at radius 3 is 2.85 bits per heavy atom. The lowest BCUT2D eigenvalue weighted by atomic mass is 10.1. The fourth-order valence-electron chi connectivity index (χ4n) is 2.42. The van der Waals surface area contributed by atoms with Crippen LogP contribution in [0.15, 0.2) is 18.2 Å². The summed E-state index contributed by atoms with van der Waals surface area (Å²) in [5.41, 5.74) is 0.789. The molecule has 2 unspecified atom stereocenters. The smallest absolute Gasteiger partial charge is 0.161 e. The van der Waals surface area contributed by atoms with Crippen molar-refractivity contribution in [3.8, 4) is 11.5 Å². The molecule has 0 amide bonds. The first-order valence-electron chi connectivity index (χ1n) is 7.06. The van der Waals surface area contributed by atoms with Crippen molar-refractivity contribution in [3.63, 3.8) is 0 Å². The van der Waals surface area contributed by atoms with Gasteiger partial charge in [0.05, 0.1) is 19.8 Å². The van der Waals surface area contributed by atoms with Gasteiger partial charge in [0, 0.05) is 12.5 Å². The van der Waals surface area contributed by atoms with Crippen molar-refractivity contribution in [1.29, 1.82) is 0 Å². The molecule has 0 aromatic heterocycles. The Morgan fingerprint density at radius 1 is 1.20 bits per heavy atom. The average molecular weight is 280 g/mol. The molecule has 0 bridgehead atoms. The van der Waals surface area contributed by atoms with Gasteiger partial charge in [0.1, 0.15) is 19.3 Å².